The second-order valence-corrected chi connectivity index (χ2v) is 6.38. The highest BCUT2D eigenvalue weighted by molar-refractivity contribution is 7.89. The van der Waals surface area contributed by atoms with Gasteiger partial charge in [0.2, 0.25) is 10.0 Å². The maximum atomic E-state index is 12.6. The number of sulfonamides is 1. The zero-order chi connectivity index (χ0) is 16.4. The number of carboxylic acids is 1. The Labute approximate surface area is 121 Å². The molecule has 1 heterocycles. The van der Waals surface area contributed by atoms with Crippen molar-refractivity contribution in [3.05, 3.63) is 11.4 Å². The Balaban J connectivity index is 3.40. The highest BCUT2D eigenvalue weighted by Gasteiger charge is 2.36. The monoisotopic (exact) mass is 319 g/mol. The number of nitrogens with one attached hydrogen (secondary N) is 1. The van der Waals surface area contributed by atoms with Gasteiger partial charge in [0, 0.05) is 6.04 Å². The van der Waals surface area contributed by atoms with E-state index in [-0.39, 0.29) is 5.69 Å². The molecule has 118 valence electrons. The molecule has 0 spiro atoms. The molecule has 0 unspecified atom stereocenters. The molecule has 21 heavy (non-hydrogen) atoms. The predicted molar refractivity (Wildman–Crippen MR) is 71.3 cm³/mol. The largest absolute Gasteiger partial charge is 0.476 e. The van der Waals surface area contributed by atoms with E-state index in [1.54, 1.807) is 13.8 Å². The lowest BCUT2D eigenvalue weighted by Crippen LogP contribution is -2.41. The third-order valence-corrected chi connectivity index (χ3v) is 4.93. The van der Waals surface area contributed by atoms with Gasteiger partial charge in [-0.1, -0.05) is 0 Å². The Morgan fingerprint density at radius 3 is 2.43 bits per heavy atom. The molecule has 0 aromatic carbocycles. The van der Waals surface area contributed by atoms with E-state index in [4.69, 9.17) is 5.11 Å². The lowest BCUT2D eigenvalue weighted by Gasteiger charge is -2.24. The summed E-state index contributed by atoms with van der Waals surface area (Å²) in [6, 6.07) is -0.565. The molecule has 10 heteroatoms. The van der Waals surface area contributed by atoms with Crippen LogP contribution in [0.4, 0.5) is 0 Å². The molecule has 0 amide bonds. The normalized spacial score (nSPS) is 11.9. The van der Waals surface area contributed by atoms with Crippen molar-refractivity contribution >= 4 is 22.0 Å². The van der Waals surface area contributed by atoms with Crippen LogP contribution in [-0.4, -0.2) is 59.7 Å². The van der Waals surface area contributed by atoms with E-state index < -0.39 is 45.1 Å². The van der Waals surface area contributed by atoms with Crippen molar-refractivity contribution in [1.82, 2.24) is 14.5 Å². The lowest BCUT2D eigenvalue weighted by atomic mass is 10.4. The van der Waals surface area contributed by atoms with Crippen molar-refractivity contribution in [2.45, 2.75) is 31.7 Å². The Hall–Kier alpha value is -1.94. The molecule has 0 aliphatic rings. The molecule has 1 aromatic rings. The predicted octanol–water partition coefficient (Wildman–Crippen LogP) is -0.0116. The number of aromatic nitrogens is 2. The summed E-state index contributed by atoms with van der Waals surface area (Å²) in [5.41, 5.74) is -0.522. The summed E-state index contributed by atoms with van der Waals surface area (Å²) in [6.07, 6.45) is 0. The molecule has 0 aliphatic heterocycles. The fourth-order valence-electron chi connectivity index (χ4n) is 1.73. The van der Waals surface area contributed by atoms with Gasteiger partial charge in [-0.05, 0) is 20.8 Å². The first-order valence-electron chi connectivity index (χ1n) is 5.99. The van der Waals surface area contributed by atoms with Gasteiger partial charge < -0.3 is 9.84 Å². The first kappa shape index (κ1) is 17.1. The Morgan fingerprint density at radius 1 is 1.43 bits per heavy atom. The Kier molecular flexibility index (Phi) is 5.07. The van der Waals surface area contributed by atoms with E-state index in [0.717, 1.165) is 11.4 Å². The topological polar surface area (TPSA) is 130 Å². The first-order valence-corrected chi connectivity index (χ1v) is 7.43. The zero-order valence-electron chi connectivity index (χ0n) is 12.1. The second kappa shape index (κ2) is 6.22. The SMILES string of the molecule is COC(=O)CN(C(C)C)S(=O)(=O)c1c(C(=O)O)n[nH]c1C. The van der Waals surface area contributed by atoms with Crippen molar-refractivity contribution in [3.63, 3.8) is 0 Å². The van der Waals surface area contributed by atoms with Gasteiger partial charge in [0.1, 0.15) is 11.4 Å². The van der Waals surface area contributed by atoms with Gasteiger partial charge in [-0.25, -0.2) is 13.2 Å². The number of ether oxygens (including phenoxy) is 1. The van der Waals surface area contributed by atoms with Crippen molar-refractivity contribution in [2.24, 2.45) is 0 Å². The van der Waals surface area contributed by atoms with Crippen LogP contribution in [0.2, 0.25) is 0 Å². The van der Waals surface area contributed by atoms with E-state index >= 15 is 0 Å². The van der Waals surface area contributed by atoms with Crippen LogP contribution in [-0.2, 0) is 19.6 Å². The smallest absolute Gasteiger partial charge is 0.357 e. The molecular weight excluding hydrogens is 302 g/mol. The molecule has 2 N–H and O–H groups in total. The average molecular weight is 319 g/mol. The molecule has 0 bridgehead atoms. The molecular formula is C11H17N3O6S. The Morgan fingerprint density at radius 2 is 2.00 bits per heavy atom. The maximum absolute atomic E-state index is 12.6. The average Bonchev–Trinajstić information content (AvgIpc) is 2.77. The van der Waals surface area contributed by atoms with Crippen LogP contribution in [0.5, 0.6) is 0 Å². The zero-order valence-corrected chi connectivity index (χ0v) is 12.9. The van der Waals surface area contributed by atoms with Gasteiger partial charge >= 0.3 is 11.9 Å². The van der Waals surface area contributed by atoms with Crippen LogP contribution in [0.3, 0.4) is 0 Å². The van der Waals surface area contributed by atoms with Gasteiger partial charge in [-0.2, -0.15) is 9.40 Å². The number of nitrogens with zero attached hydrogens (tertiary/aromatic N) is 2. The molecule has 0 saturated carbocycles. The molecule has 1 aromatic heterocycles. The van der Waals surface area contributed by atoms with Crippen LogP contribution >= 0.6 is 0 Å². The number of carbonyl (C=O) groups excluding carboxylic acids is 1. The minimum atomic E-state index is -4.21. The number of H-pyrrole nitrogens is 1. The van der Waals surface area contributed by atoms with E-state index in [1.807, 2.05) is 0 Å². The highest BCUT2D eigenvalue weighted by Crippen LogP contribution is 2.23. The molecule has 0 saturated heterocycles. The van der Waals surface area contributed by atoms with Crippen LogP contribution < -0.4 is 0 Å². The number of hydrogen-bond acceptors (Lipinski definition) is 6. The highest BCUT2D eigenvalue weighted by atomic mass is 32.2. The summed E-state index contributed by atoms with van der Waals surface area (Å²) in [5, 5.41) is 14.8. The summed E-state index contributed by atoms with van der Waals surface area (Å²) in [5.74, 6) is -2.22. The summed E-state index contributed by atoms with van der Waals surface area (Å²) < 4.78 is 30.6. The number of hydrogen-bond donors (Lipinski definition) is 2. The van der Waals surface area contributed by atoms with Crippen LogP contribution in [0.25, 0.3) is 0 Å². The van der Waals surface area contributed by atoms with Crippen molar-refractivity contribution < 1.29 is 27.9 Å². The number of esters is 1. The van der Waals surface area contributed by atoms with Gasteiger partial charge in [0.25, 0.3) is 0 Å². The first-order chi connectivity index (χ1) is 9.62. The third-order valence-electron chi connectivity index (χ3n) is 2.75. The molecule has 0 fully saturated rings. The summed E-state index contributed by atoms with van der Waals surface area (Å²) in [6.45, 7) is 4.01. The fraction of sp³-hybridized carbons (Fsp3) is 0.545. The van der Waals surface area contributed by atoms with Gasteiger partial charge in [0.05, 0.1) is 12.8 Å². The number of carbonyl (C=O) groups is 2. The number of aromatic amines is 1. The standard InChI is InChI=1S/C11H17N3O6S/c1-6(2)14(5-8(15)20-4)21(18,19)10-7(3)12-13-9(10)11(16)17/h6H,5H2,1-4H3,(H,12,13)(H,16,17). The van der Waals surface area contributed by atoms with Crippen LogP contribution in [0, 0.1) is 6.92 Å². The number of carboxylic acid groups (broad SMARTS) is 1. The van der Waals surface area contributed by atoms with Crippen molar-refractivity contribution in [1.29, 1.82) is 0 Å². The number of methoxy groups -OCH3 is 1. The minimum absolute atomic E-state index is 0.0860. The van der Waals surface area contributed by atoms with E-state index in [1.165, 1.54) is 6.92 Å². The van der Waals surface area contributed by atoms with Crippen molar-refractivity contribution in [2.75, 3.05) is 13.7 Å². The molecule has 0 aliphatic carbocycles. The van der Waals surface area contributed by atoms with Gasteiger partial charge in [0.15, 0.2) is 5.69 Å². The van der Waals surface area contributed by atoms with Crippen LogP contribution in [0.1, 0.15) is 30.0 Å². The van der Waals surface area contributed by atoms with Gasteiger partial charge in [-0.15, -0.1) is 0 Å². The maximum Gasteiger partial charge on any atom is 0.357 e. The fourth-order valence-corrected chi connectivity index (χ4v) is 3.61. The molecule has 0 atom stereocenters. The summed E-state index contributed by atoms with van der Waals surface area (Å²) in [7, 11) is -3.07. The van der Waals surface area contributed by atoms with E-state index in [9.17, 15) is 18.0 Å². The number of rotatable bonds is 6. The second-order valence-electron chi connectivity index (χ2n) is 4.55. The molecule has 0 radical (unpaired) electrons. The molecule has 1 rings (SSSR count). The van der Waals surface area contributed by atoms with Crippen molar-refractivity contribution in [3.8, 4) is 0 Å². The van der Waals surface area contributed by atoms with Crippen LogP contribution in [0.15, 0.2) is 4.90 Å². The minimum Gasteiger partial charge on any atom is -0.476 e. The quantitative estimate of drug-likeness (QED) is 0.705. The van der Waals surface area contributed by atoms with Gasteiger partial charge in [-0.3, -0.25) is 9.89 Å². The van der Waals surface area contributed by atoms with E-state index in [2.05, 4.69) is 14.9 Å². The van der Waals surface area contributed by atoms with E-state index in [0.29, 0.717) is 0 Å². The number of aromatic carboxylic acids is 1. The Bertz CT molecular complexity index is 649. The summed E-state index contributed by atoms with van der Waals surface area (Å²) >= 11 is 0. The number of aryl methyl sites for hydroxylation is 1. The third kappa shape index (κ3) is 3.39. The molecule has 9 nitrogen and oxygen atoms in total. The lowest BCUT2D eigenvalue weighted by molar-refractivity contribution is -0.141. The summed E-state index contributed by atoms with van der Waals surface area (Å²) in [4.78, 5) is 22.0.